The molecule has 1 saturated carbocycles. The Morgan fingerprint density at radius 2 is 2.08 bits per heavy atom. The molecule has 1 amide bonds. The molecular formula is C21H27N3O2. The second-order valence-electron chi connectivity index (χ2n) is 8.03. The molecule has 5 heteroatoms. The zero-order valence-electron chi connectivity index (χ0n) is 15.2. The molecule has 5 nitrogen and oxygen atoms in total. The molecule has 2 aliphatic heterocycles. The van der Waals surface area contributed by atoms with Crippen LogP contribution in [0.25, 0.3) is 10.9 Å². The van der Waals surface area contributed by atoms with Crippen molar-refractivity contribution in [2.75, 3.05) is 32.8 Å². The quantitative estimate of drug-likeness (QED) is 0.918. The minimum atomic E-state index is 0.281. The predicted molar refractivity (Wildman–Crippen MR) is 101 cm³/mol. The number of para-hydroxylation sites is 1. The molecule has 1 aromatic carbocycles. The first-order valence-corrected chi connectivity index (χ1v) is 9.96. The first-order chi connectivity index (χ1) is 12.8. The van der Waals surface area contributed by atoms with Crippen LogP contribution in [0.15, 0.2) is 30.5 Å². The van der Waals surface area contributed by atoms with E-state index in [0.717, 1.165) is 50.7 Å². The molecule has 1 aromatic heterocycles. The number of H-pyrrole nitrogens is 1. The van der Waals surface area contributed by atoms with Crippen molar-refractivity contribution in [2.45, 2.75) is 37.8 Å². The van der Waals surface area contributed by atoms with Gasteiger partial charge in [0, 0.05) is 49.2 Å². The molecule has 0 radical (unpaired) electrons. The van der Waals surface area contributed by atoms with E-state index >= 15 is 0 Å². The van der Waals surface area contributed by atoms with E-state index in [1.165, 1.54) is 23.8 Å². The number of morpholine rings is 1. The first kappa shape index (κ1) is 16.3. The van der Waals surface area contributed by atoms with Crippen molar-refractivity contribution in [1.29, 1.82) is 0 Å². The minimum absolute atomic E-state index is 0.281. The number of amides is 1. The molecule has 2 aromatic rings. The molecule has 5 rings (SSSR count). The van der Waals surface area contributed by atoms with E-state index in [4.69, 9.17) is 4.74 Å². The van der Waals surface area contributed by atoms with Gasteiger partial charge in [0.25, 0.3) is 0 Å². The fourth-order valence-corrected chi connectivity index (χ4v) is 4.73. The van der Waals surface area contributed by atoms with Crippen molar-refractivity contribution < 1.29 is 9.53 Å². The van der Waals surface area contributed by atoms with Crippen LogP contribution in [0.5, 0.6) is 0 Å². The van der Waals surface area contributed by atoms with E-state index in [0.29, 0.717) is 18.5 Å². The van der Waals surface area contributed by atoms with Crippen LogP contribution in [0.4, 0.5) is 0 Å². The number of hydrogen-bond acceptors (Lipinski definition) is 3. The standard InChI is InChI=1S/C21H27N3O2/c25-21(8-7-16-11-22-19-4-2-1-3-18(16)19)23-9-10-24-17(12-23)13-26-14-20(24)15-5-6-15/h1-4,11,15,17,20,22H,5-10,12-14H2/t17-,20-/m1/s1. The number of nitrogens with one attached hydrogen (secondary N) is 1. The Balaban J connectivity index is 1.20. The van der Waals surface area contributed by atoms with Crippen molar-refractivity contribution in [1.82, 2.24) is 14.8 Å². The topological polar surface area (TPSA) is 48.6 Å². The van der Waals surface area contributed by atoms with Crippen molar-refractivity contribution in [3.63, 3.8) is 0 Å². The molecule has 2 atom stereocenters. The van der Waals surface area contributed by atoms with E-state index in [9.17, 15) is 4.79 Å². The molecule has 1 N–H and O–H groups in total. The van der Waals surface area contributed by atoms with E-state index in [2.05, 4.69) is 33.0 Å². The Bertz CT molecular complexity index is 797. The Hall–Kier alpha value is -1.85. The molecule has 0 spiro atoms. The van der Waals surface area contributed by atoms with E-state index in [1.54, 1.807) is 0 Å². The van der Waals surface area contributed by atoms with Crippen LogP contribution in [-0.2, 0) is 16.0 Å². The van der Waals surface area contributed by atoms with Gasteiger partial charge in [0.2, 0.25) is 5.91 Å². The average molecular weight is 353 g/mol. The third-order valence-electron chi connectivity index (χ3n) is 6.36. The Morgan fingerprint density at radius 1 is 1.19 bits per heavy atom. The lowest BCUT2D eigenvalue weighted by Gasteiger charge is -2.48. The van der Waals surface area contributed by atoms with Gasteiger partial charge in [0.15, 0.2) is 0 Å². The van der Waals surface area contributed by atoms with Crippen molar-refractivity contribution in [3.8, 4) is 0 Å². The van der Waals surface area contributed by atoms with Gasteiger partial charge >= 0.3 is 0 Å². The molecule has 3 aliphatic rings. The average Bonchev–Trinajstić information content (AvgIpc) is 3.45. The van der Waals surface area contributed by atoms with Crippen molar-refractivity contribution in [3.05, 3.63) is 36.0 Å². The summed E-state index contributed by atoms with van der Waals surface area (Å²) in [6, 6.07) is 9.28. The van der Waals surface area contributed by atoms with Gasteiger partial charge in [0.1, 0.15) is 0 Å². The molecule has 3 fully saturated rings. The fraction of sp³-hybridized carbons (Fsp3) is 0.571. The molecule has 1 aliphatic carbocycles. The zero-order valence-corrected chi connectivity index (χ0v) is 15.2. The highest BCUT2D eigenvalue weighted by molar-refractivity contribution is 5.84. The van der Waals surface area contributed by atoms with E-state index in [-0.39, 0.29) is 5.91 Å². The van der Waals surface area contributed by atoms with Crippen molar-refractivity contribution in [2.24, 2.45) is 5.92 Å². The van der Waals surface area contributed by atoms with Crippen LogP contribution in [0.3, 0.4) is 0 Å². The van der Waals surface area contributed by atoms with Gasteiger partial charge in [-0.2, -0.15) is 0 Å². The Morgan fingerprint density at radius 3 is 2.96 bits per heavy atom. The molecule has 3 heterocycles. The second-order valence-corrected chi connectivity index (χ2v) is 8.03. The van der Waals surface area contributed by atoms with Crippen LogP contribution in [0, 0.1) is 5.92 Å². The van der Waals surface area contributed by atoms with Gasteiger partial charge in [-0.1, -0.05) is 18.2 Å². The van der Waals surface area contributed by atoms with Gasteiger partial charge in [-0.25, -0.2) is 0 Å². The summed E-state index contributed by atoms with van der Waals surface area (Å²) in [4.78, 5) is 20.8. The number of aryl methyl sites for hydroxylation is 1. The minimum Gasteiger partial charge on any atom is -0.378 e. The second kappa shape index (κ2) is 6.71. The van der Waals surface area contributed by atoms with E-state index in [1.807, 2.05) is 12.3 Å². The van der Waals surface area contributed by atoms with Gasteiger partial charge in [-0.15, -0.1) is 0 Å². The van der Waals surface area contributed by atoms with Gasteiger partial charge < -0.3 is 14.6 Å². The summed E-state index contributed by atoms with van der Waals surface area (Å²) in [6.45, 7) is 4.36. The maximum absolute atomic E-state index is 12.8. The molecular weight excluding hydrogens is 326 g/mol. The summed E-state index contributed by atoms with van der Waals surface area (Å²) >= 11 is 0. The Labute approximate surface area is 154 Å². The largest absolute Gasteiger partial charge is 0.378 e. The number of rotatable bonds is 4. The number of nitrogens with zero attached hydrogens (tertiary/aromatic N) is 2. The normalized spacial score (nSPS) is 26.8. The van der Waals surface area contributed by atoms with Crippen LogP contribution in [0.1, 0.15) is 24.8 Å². The Kier molecular flexibility index (Phi) is 4.21. The van der Waals surface area contributed by atoms with Gasteiger partial charge in [-0.3, -0.25) is 9.69 Å². The molecule has 26 heavy (non-hydrogen) atoms. The summed E-state index contributed by atoms with van der Waals surface area (Å²) < 4.78 is 5.86. The number of carbonyl (C=O) groups excluding carboxylic acids is 1. The summed E-state index contributed by atoms with van der Waals surface area (Å²) in [7, 11) is 0. The van der Waals surface area contributed by atoms with Crippen LogP contribution in [-0.4, -0.2) is 65.6 Å². The molecule has 2 saturated heterocycles. The summed E-state index contributed by atoms with van der Waals surface area (Å²) in [5.74, 6) is 1.12. The summed E-state index contributed by atoms with van der Waals surface area (Å²) in [5.41, 5.74) is 2.39. The SMILES string of the molecule is O=C(CCc1c[nH]c2ccccc12)N1CCN2[C@@H](COC[C@@H]2C2CC2)C1. The zero-order chi connectivity index (χ0) is 17.5. The maximum atomic E-state index is 12.8. The summed E-state index contributed by atoms with van der Waals surface area (Å²) in [6.07, 6.45) is 6.14. The highest BCUT2D eigenvalue weighted by atomic mass is 16.5. The molecule has 138 valence electrons. The smallest absolute Gasteiger partial charge is 0.223 e. The highest BCUT2D eigenvalue weighted by Crippen LogP contribution is 2.38. The van der Waals surface area contributed by atoms with E-state index < -0.39 is 0 Å². The lowest BCUT2D eigenvalue weighted by atomic mass is 10.0. The molecule has 0 bridgehead atoms. The number of carbonyl (C=O) groups is 1. The van der Waals surface area contributed by atoms with Crippen LogP contribution < -0.4 is 0 Å². The first-order valence-electron chi connectivity index (χ1n) is 9.96. The number of hydrogen-bond donors (Lipinski definition) is 1. The number of aromatic amines is 1. The van der Waals surface area contributed by atoms with Gasteiger partial charge in [0.05, 0.1) is 19.3 Å². The number of ether oxygens (including phenoxy) is 1. The lowest BCUT2D eigenvalue weighted by Crippen LogP contribution is -2.63. The maximum Gasteiger partial charge on any atom is 0.223 e. The van der Waals surface area contributed by atoms with Gasteiger partial charge in [-0.05, 0) is 36.8 Å². The number of benzene rings is 1. The van der Waals surface area contributed by atoms with Crippen LogP contribution >= 0.6 is 0 Å². The third kappa shape index (κ3) is 3.03. The summed E-state index contributed by atoms with van der Waals surface area (Å²) in [5, 5.41) is 1.23. The van der Waals surface area contributed by atoms with Crippen molar-refractivity contribution >= 4 is 16.8 Å². The molecule has 0 unspecified atom stereocenters. The number of aromatic nitrogens is 1. The third-order valence-corrected chi connectivity index (χ3v) is 6.36. The lowest BCUT2D eigenvalue weighted by molar-refractivity contribution is -0.140. The monoisotopic (exact) mass is 353 g/mol. The fourth-order valence-electron chi connectivity index (χ4n) is 4.73. The van der Waals surface area contributed by atoms with Crippen LogP contribution in [0.2, 0.25) is 0 Å². The number of piperazine rings is 1. The number of fused-ring (bicyclic) bond motifs is 2. The predicted octanol–water partition coefficient (Wildman–Crippen LogP) is 2.42. The highest BCUT2D eigenvalue weighted by Gasteiger charge is 2.43.